The minimum Gasteiger partial charge on any atom is -0.370 e. The number of amides is 1. The van der Waals surface area contributed by atoms with E-state index in [0.29, 0.717) is 30.8 Å². The molecule has 0 unspecified atom stereocenters. The van der Waals surface area contributed by atoms with Gasteiger partial charge in [0.1, 0.15) is 6.07 Å². The number of nitrogens with zero attached hydrogens (tertiary/aromatic N) is 3. The molecule has 78 valence electrons. The second-order valence-corrected chi connectivity index (χ2v) is 2.90. The second-order valence-electron chi connectivity index (χ2n) is 2.90. The molecule has 15 heavy (non-hydrogen) atoms. The Balaban J connectivity index is 2.44. The molecule has 1 heterocycles. The van der Waals surface area contributed by atoms with Crippen molar-refractivity contribution in [2.75, 3.05) is 11.9 Å². The van der Waals surface area contributed by atoms with Crippen LogP contribution in [-0.4, -0.2) is 22.6 Å². The number of primary amides is 1. The summed E-state index contributed by atoms with van der Waals surface area (Å²) in [5, 5.41) is 19.1. The largest absolute Gasteiger partial charge is 0.370 e. The lowest BCUT2D eigenvalue weighted by atomic mass is 10.3. The van der Waals surface area contributed by atoms with Crippen LogP contribution in [0.25, 0.3) is 0 Å². The van der Waals surface area contributed by atoms with Crippen molar-refractivity contribution in [2.45, 2.75) is 12.8 Å². The number of carbonyl (C=O) groups excluding carboxylic acids is 1. The van der Waals surface area contributed by atoms with Gasteiger partial charge in [-0.25, -0.2) is 0 Å². The topological polar surface area (TPSA) is 105 Å². The van der Waals surface area contributed by atoms with Crippen molar-refractivity contribution in [3.8, 4) is 6.07 Å². The van der Waals surface area contributed by atoms with E-state index in [1.807, 2.05) is 6.07 Å². The third-order valence-corrected chi connectivity index (χ3v) is 1.73. The summed E-state index contributed by atoms with van der Waals surface area (Å²) in [7, 11) is 0. The molecular formula is C9H11N5O. The van der Waals surface area contributed by atoms with Gasteiger partial charge in [-0.1, -0.05) is 0 Å². The number of anilines is 1. The lowest BCUT2D eigenvalue weighted by molar-refractivity contribution is -0.118. The van der Waals surface area contributed by atoms with E-state index in [2.05, 4.69) is 15.5 Å². The van der Waals surface area contributed by atoms with Crippen molar-refractivity contribution in [1.82, 2.24) is 10.2 Å². The molecule has 3 N–H and O–H groups in total. The van der Waals surface area contributed by atoms with Crippen molar-refractivity contribution in [2.24, 2.45) is 5.73 Å². The summed E-state index contributed by atoms with van der Waals surface area (Å²) in [5.74, 6) is 0.0981. The van der Waals surface area contributed by atoms with Gasteiger partial charge in [-0.2, -0.15) is 10.4 Å². The quantitative estimate of drug-likeness (QED) is 0.659. The average Bonchev–Trinajstić information content (AvgIpc) is 2.24. The van der Waals surface area contributed by atoms with Gasteiger partial charge >= 0.3 is 0 Å². The Bertz CT molecular complexity index is 384. The zero-order valence-electron chi connectivity index (χ0n) is 8.10. The summed E-state index contributed by atoms with van der Waals surface area (Å²) >= 11 is 0. The third kappa shape index (κ3) is 3.60. The first kappa shape index (κ1) is 10.9. The number of nitriles is 1. The van der Waals surface area contributed by atoms with Gasteiger partial charge in [-0.05, 0) is 12.5 Å². The van der Waals surface area contributed by atoms with Crippen LogP contribution in [0.5, 0.6) is 0 Å². The van der Waals surface area contributed by atoms with Crippen LogP contribution in [0, 0.1) is 11.3 Å². The van der Waals surface area contributed by atoms with Crippen LogP contribution in [-0.2, 0) is 4.79 Å². The third-order valence-electron chi connectivity index (χ3n) is 1.73. The summed E-state index contributed by atoms with van der Waals surface area (Å²) < 4.78 is 0. The van der Waals surface area contributed by atoms with Crippen LogP contribution in [0.1, 0.15) is 18.4 Å². The number of aromatic nitrogens is 2. The molecule has 1 aromatic heterocycles. The van der Waals surface area contributed by atoms with Crippen LogP contribution in [0.3, 0.4) is 0 Å². The number of nitrogens with one attached hydrogen (secondary N) is 1. The molecular weight excluding hydrogens is 194 g/mol. The van der Waals surface area contributed by atoms with Crippen LogP contribution >= 0.6 is 0 Å². The van der Waals surface area contributed by atoms with Gasteiger partial charge in [-0.3, -0.25) is 4.79 Å². The first-order chi connectivity index (χ1) is 7.24. The smallest absolute Gasteiger partial charge is 0.217 e. The highest BCUT2D eigenvalue weighted by molar-refractivity contribution is 5.73. The highest BCUT2D eigenvalue weighted by Gasteiger charge is 2.02. The van der Waals surface area contributed by atoms with E-state index in [4.69, 9.17) is 11.0 Å². The van der Waals surface area contributed by atoms with E-state index < -0.39 is 0 Å². The fourth-order valence-electron chi connectivity index (χ4n) is 1.02. The van der Waals surface area contributed by atoms with Crippen LogP contribution in [0.15, 0.2) is 12.3 Å². The van der Waals surface area contributed by atoms with E-state index in [1.54, 1.807) is 6.07 Å². The van der Waals surface area contributed by atoms with Crippen LogP contribution in [0.2, 0.25) is 0 Å². The first-order valence-corrected chi connectivity index (χ1v) is 4.48. The van der Waals surface area contributed by atoms with E-state index in [0.717, 1.165) is 0 Å². The predicted octanol–water partition coefficient (Wildman–Crippen LogP) is 0.0257. The molecule has 0 spiro atoms. The second kappa shape index (κ2) is 5.54. The molecule has 1 aromatic rings. The monoisotopic (exact) mass is 205 g/mol. The maximum Gasteiger partial charge on any atom is 0.217 e. The number of hydrogen-bond acceptors (Lipinski definition) is 5. The Morgan fingerprint density at radius 1 is 1.67 bits per heavy atom. The Morgan fingerprint density at radius 2 is 2.47 bits per heavy atom. The van der Waals surface area contributed by atoms with Gasteiger partial charge in [0.15, 0.2) is 5.82 Å². The van der Waals surface area contributed by atoms with Crippen molar-refractivity contribution >= 4 is 11.7 Å². The normalized spacial score (nSPS) is 9.27. The Labute approximate surface area is 87.1 Å². The Kier molecular flexibility index (Phi) is 4.04. The van der Waals surface area contributed by atoms with Crippen molar-refractivity contribution in [3.63, 3.8) is 0 Å². The highest BCUT2D eigenvalue weighted by atomic mass is 16.1. The number of hydrogen-bond donors (Lipinski definition) is 2. The molecule has 0 saturated carbocycles. The maximum atomic E-state index is 10.4. The minimum absolute atomic E-state index is 0.315. The number of nitrogens with two attached hydrogens (primary N) is 1. The summed E-state index contributed by atoms with van der Waals surface area (Å²) in [5.41, 5.74) is 5.42. The molecule has 6 heteroatoms. The van der Waals surface area contributed by atoms with Crippen molar-refractivity contribution < 1.29 is 4.79 Å². The molecule has 0 aromatic carbocycles. The summed E-state index contributed by atoms with van der Waals surface area (Å²) in [4.78, 5) is 10.4. The standard InChI is InChI=1S/C9H11N5O/c10-6-7-3-5-13-14-9(7)12-4-1-2-8(11)15/h3,5H,1-2,4H2,(H2,11,15)(H,12,14). The molecule has 0 aliphatic carbocycles. The van der Waals surface area contributed by atoms with Gasteiger partial charge in [0.25, 0.3) is 0 Å². The van der Waals surface area contributed by atoms with Crippen LogP contribution in [0.4, 0.5) is 5.82 Å². The summed E-state index contributed by atoms with van der Waals surface area (Å²) in [6.07, 6.45) is 2.37. The van der Waals surface area contributed by atoms with Crippen molar-refractivity contribution in [1.29, 1.82) is 5.26 Å². The van der Waals surface area contributed by atoms with Gasteiger partial charge in [0, 0.05) is 13.0 Å². The van der Waals surface area contributed by atoms with E-state index in [1.165, 1.54) is 6.20 Å². The molecule has 0 atom stereocenters. The van der Waals surface area contributed by atoms with E-state index in [-0.39, 0.29) is 5.91 Å². The Morgan fingerprint density at radius 3 is 3.13 bits per heavy atom. The van der Waals surface area contributed by atoms with Crippen LogP contribution < -0.4 is 11.1 Å². The molecule has 1 rings (SSSR count). The Hall–Kier alpha value is -2.16. The summed E-state index contributed by atoms with van der Waals surface area (Å²) in [6, 6.07) is 3.56. The fourth-order valence-corrected chi connectivity index (χ4v) is 1.02. The molecule has 0 aliphatic heterocycles. The van der Waals surface area contributed by atoms with Gasteiger partial charge in [-0.15, -0.1) is 5.10 Å². The van der Waals surface area contributed by atoms with Gasteiger partial charge in [0.2, 0.25) is 5.91 Å². The first-order valence-electron chi connectivity index (χ1n) is 4.48. The molecule has 6 nitrogen and oxygen atoms in total. The lowest BCUT2D eigenvalue weighted by Gasteiger charge is -2.04. The van der Waals surface area contributed by atoms with E-state index >= 15 is 0 Å². The SMILES string of the molecule is N#Cc1ccnnc1NCCCC(N)=O. The molecule has 0 fully saturated rings. The van der Waals surface area contributed by atoms with Gasteiger partial charge in [0.05, 0.1) is 11.8 Å². The fraction of sp³-hybridized carbons (Fsp3) is 0.333. The molecule has 1 amide bonds. The average molecular weight is 205 g/mol. The van der Waals surface area contributed by atoms with E-state index in [9.17, 15) is 4.79 Å². The van der Waals surface area contributed by atoms with Gasteiger partial charge < -0.3 is 11.1 Å². The summed E-state index contributed by atoms with van der Waals surface area (Å²) in [6.45, 7) is 0.538. The number of carbonyl (C=O) groups is 1. The predicted molar refractivity (Wildman–Crippen MR) is 53.7 cm³/mol. The molecule has 0 radical (unpaired) electrons. The highest BCUT2D eigenvalue weighted by Crippen LogP contribution is 2.07. The minimum atomic E-state index is -0.337. The molecule has 0 aliphatic rings. The zero-order valence-corrected chi connectivity index (χ0v) is 8.10. The number of rotatable bonds is 5. The molecule has 0 bridgehead atoms. The maximum absolute atomic E-state index is 10.4. The lowest BCUT2D eigenvalue weighted by Crippen LogP contribution is -2.13. The van der Waals surface area contributed by atoms with Crippen molar-refractivity contribution in [3.05, 3.63) is 17.8 Å². The zero-order chi connectivity index (χ0) is 11.1. The molecule has 0 saturated heterocycles.